The maximum absolute atomic E-state index is 13.4. The smallest absolute Gasteiger partial charge is 0.295 e. The number of likely N-dealkylation sites (tertiary alicyclic amines) is 1. The minimum atomic E-state index is -0.766. The number of aliphatic hydroxyl groups excluding tert-OH is 1. The van der Waals surface area contributed by atoms with Crippen molar-refractivity contribution in [1.82, 2.24) is 9.88 Å². The maximum atomic E-state index is 13.4. The van der Waals surface area contributed by atoms with E-state index >= 15 is 0 Å². The van der Waals surface area contributed by atoms with Crippen LogP contribution in [0.2, 0.25) is 0 Å². The Labute approximate surface area is 223 Å². The van der Waals surface area contributed by atoms with Crippen LogP contribution in [0.15, 0.2) is 78.6 Å². The molecule has 1 saturated heterocycles. The highest BCUT2D eigenvalue weighted by Crippen LogP contribution is 2.41. The number of hydrogen-bond donors (Lipinski definition) is 1. The third-order valence-electron chi connectivity index (χ3n) is 6.44. The summed E-state index contributed by atoms with van der Waals surface area (Å²) in [6, 6.07) is 17.2. The predicted molar refractivity (Wildman–Crippen MR) is 146 cm³/mol. The van der Waals surface area contributed by atoms with Gasteiger partial charge in [0.2, 0.25) is 0 Å². The molecule has 198 valence electrons. The zero-order valence-corrected chi connectivity index (χ0v) is 21.9. The molecule has 2 aromatic carbocycles. The first-order valence-corrected chi connectivity index (χ1v) is 13.2. The van der Waals surface area contributed by atoms with Gasteiger partial charge in [0.25, 0.3) is 11.7 Å². The molecular weight excluding hydrogens is 480 g/mol. The lowest BCUT2D eigenvalue weighted by molar-refractivity contribution is -0.140. The van der Waals surface area contributed by atoms with Gasteiger partial charge in [-0.3, -0.25) is 14.6 Å². The molecule has 0 aliphatic carbocycles. The molecule has 1 aromatic heterocycles. The summed E-state index contributed by atoms with van der Waals surface area (Å²) in [6.07, 6.45) is 7.33. The lowest BCUT2D eigenvalue weighted by Gasteiger charge is -2.25. The number of ketones is 1. The Bertz CT molecular complexity index is 1270. The molecular formula is C31H34N2O5. The van der Waals surface area contributed by atoms with E-state index in [1.54, 1.807) is 48.8 Å². The maximum Gasteiger partial charge on any atom is 0.295 e. The predicted octanol–water partition coefficient (Wildman–Crippen LogP) is 6.06. The SMILES string of the molecule is CCCCCOc1ccc(C2C(=C(O)c3cccc(OCCC)c3)C(=O)C(=O)N2Cc2ccncc2)cc1. The number of amides is 1. The minimum absolute atomic E-state index is 0.0494. The third kappa shape index (κ3) is 6.22. The van der Waals surface area contributed by atoms with Gasteiger partial charge >= 0.3 is 0 Å². The van der Waals surface area contributed by atoms with Crippen molar-refractivity contribution in [1.29, 1.82) is 0 Å². The van der Waals surface area contributed by atoms with Crippen molar-refractivity contribution in [2.24, 2.45) is 0 Å². The first-order valence-electron chi connectivity index (χ1n) is 13.2. The Morgan fingerprint density at radius 2 is 1.63 bits per heavy atom. The van der Waals surface area contributed by atoms with Gasteiger partial charge in [-0.25, -0.2) is 0 Å². The fourth-order valence-corrected chi connectivity index (χ4v) is 4.47. The van der Waals surface area contributed by atoms with Gasteiger partial charge in [-0.2, -0.15) is 0 Å². The molecule has 1 N–H and O–H groups in total. The molecule has 1 aliphatic rings. The number of hydrogen-bond acceptors (Lipinski definition) is 6. The molecule has 7 nitrogen and oxygen atoms in total. The van der Waals surface area contributed by atoms with E-state index in [0.29, 0.717) is 30.1 Å². The van der Waals surface area contributed by atoms with Gasteiger partial charge < -0.3 is 19.5 Å². The molecule has 1 unspecified atom stereocenters. The van der Waals surface area contributed by atoms with E-state index in [1.807, 2.05) is 31.2 Å². The van der Waals surface area contributed by atoms with Crippen LogP contribution in [-0.2, 0) is 16.1 Å². The van der Waals surface area contributed by atoms with E-state index in [0.717, 1.165) is 37.0 Å². The summed E-state index contributed by atoms with van der Waals surface area (Å²) in [5, 5.41) is 11.4. The van der Waals surface area contributed by atoms with Crippen LogP contribution in [0, 0.1) is 0 Å². The summed E-state index contributed by atoms with van der Waals surface area (Å²) in [5.41, 5.74) is 2.01. The summed E-state index contributed by atoms with van der Waals surface area (Å²) in [4.78, 5) is 32.2. The first kappa shape index (κ1) is 26.9. The van der Waals surface area contributed by atoms with Crippen molar-refractivity contribution in [2.45, 2.75) is 52.1 Å². The van der Waals surface area contributed by atoms with Crippen LogP contribution in [-0.4, -0.2) is 39.9 Å². The number of ether oxygens (including phenoxy) is 2. The van der Waals surface area contributed by atoms with E-state index in [1.165, 1.54) is 4.90 Å². The molecule has 3 aromatic rings. The molecule has 0 radical (unpaired) electrons. The lowest BCUT2D eigenvalue weighted by atomic mass is 9.95. The fraction of sp³-hybridized carbons (Fsp3) is 0.323. The highest BCUT2D eigenvalue weighted by atomic mass is 16.5. The number of aliphatic hydroxyl groups is 1. The zero-order valence-electron chi connectivity index (χ0n) is 21.9. The number of benzene rings is 2. The van der Waals surface area contributed by atoms with Gasteiger partial charge in [0.15, 0.2) is 0 Å². The fourth-order valence-electron chi connectivity index (χ4n) is 4.47. The number of Topliss-reactive ketones (excluding diaryl/α,β-unsaturated/α-hetero) is 1. The van der Waals surface area contributed by atoms with Crippen molar-refractivity contribution in [3.8, 4) is 11.5 Å². The number of nitrogens with zero attached hydrogens (tertiary/aromatic N) is 2. The number of rotatable bonds is 12. The van der Waals surface area contributed by atoms with Crippen molar-refractivity contribution < 1.29 is 24.2 Å². The summed E-state index contributed by atoms with van der Waals surface area (Å²) < 4.78 is 11.6. The van der Waals surface area contributed by atoms with Crippen molar-refractivity contribution in [3.63, 3.8) is 0 Å². The van der Waals surface area contributed by atoms with Crippen LogP contribution >= 0.6 is 0 Å². The summed E-state index contributed by atoms with van der Waals surface area (Å²) in [6.45, 7) is 5.52. The Balaban J connectivity index is 1.72. The molecule has 0 bridgehead atoms. The van der Waals surface area contributed by atoms with Crippen LogP contribution in [0.1, 0.15) is 62.3 Å². The highest BCUT2D eigenvalue weighted by Gasteiger charge is 2.46. The Morgan fingerprint density at radius 3 is 2.34 bits per heavy atom. The van der Waals surface area contributed by atoms with Gasteiger partial charge in [0.05, 0.1) is 24.8 Å². The second kappa shape index (κ2) is 12.9. The van der Waals surface area contributed by atoms with E-state index in [2.05, 4.69) is 11.9 Å². The van der Waals surface area contributed by atoms with E-state index < -0.39 is 17.7 Å². The summed E-state index contributed by atoms with van der Waals surface area (Å²) in [5.74, 6) is -0.305. The number of aromatic nitrogens is 1. The third-order valence-corrected chi connectivity index (χ3v) is 6.44. The van der Waals surface area contributed by atoms with Crippen molar-refractivity contribution >= 4 is 17.4 Å². The quantitative estimate of drug-likeness (QED) is 0.137. The molecule has 2 heterocycles. The van der Waals surface area contributed by atoms with Crippen LogP contribution in [0.4, 0.5) is 0 Å². The molecule has 1 fully saturated rings. The van der Waals surface area contributed by atoms with E-state index in [4.69, 9.17) is 9.47 Å². The molecule has 4 rings (SSSR count). The Kier molecular flexibility index (Phi) is 9.14. The van der Waals surface area contributed by atoms with Crippen LogP contribution in [0.25, 0.3) is 5.76 Å². The van der Waals surface area contributed by atoms with Gasteiger partial charge in [-0.1, -0.05) is 51.0 Å². The van der Waals surface area contributed by atoms with Gasteiger partial charge in [-0.05, 0) is 60.4 Å². The normalized spacial score (nSPS) is 16.6. The second-order valence-electron chi connectivity index (χ2n) is 9.28. The minimum Gasteiger partial charge on any atom is -0.507 e. The highest BCUT2D eigenvalue weighted by molar-refractivity contribution is 6.46. The van der Waals surface area contributed by atoms with Gasteiger partial charge in [-0.15, -0.1) is 0 Å². The standard InChI is InChI=1S/C31H34N2O5/c1-3-5-6-19-38-25-12-10-23(11-13-25)28-27(29(34)24-8-7-9-26(20-24)37-18-4-2)30(35)31(36)33(28)21-22-14-16-32-17-15-22/h7-17,20,28,34H,3-6,18-19,21H2,1-2H3. The molecule has 1 aliphatic heterocycles. The van der Waals surface area contributed by atoms with E-state index in [9.17, 15) is 14.7 Å². The Hall–Kier alpha value is -4.13. The molecule has 0 spiro atoms. The van der Waals surface area contributed by atoms with Crippen LogP contribution in [0.3, 0.4) is 0 Å². The number of unbranched alkanes of at least 4 members (excludes halogenated alkanes) is 2. The number of carbonyl (C=O) groups is 2. The van der Waals surface area contributed by atoms with E-state index in [-0.39, 0.29) is 17.9 Å². The average Bonchev–Trinajstić information content (AvgIpc) is 3.20. The van der Waals surface area contributed by atoms with Gasteiger partial charge in [0.1, 0.15) is 17.3 Å². The van der Waals surface area contributed by atoms with Crippen molar-refractivity contribution in [3.05, 3.63) is 95.3 Å². The molecule has 1 atom stereocenters. The second-order valence-corrected chi connectivity index (χ2v) is 9.28. The van der Waals surface area contributed by atoms with Crippen LogP contribution in [0.5, 0.6) is 11.5 Å². The van der Waals surface area contributed by atoms with Crippen LogP contribution < -0.4 is 9.47 Å². The number of pyridine rings is 1. The Morgan fingerprint density at radius 1 is 0.895 bits per heavy atom. The molecule has 7 heteroatoms. The molecule has 38 heavy (non-hydrogen) atoms. The topological polar surface area (TPSA) is 89.0 Å². The summed E-state index contributed by atoms with van der Waals surface area (Å²) in [7, 11) is 0. The number of carbonyl (C=O) groups excluding carboxylic acids is 2. The molecule has 1 amide bonds. The van der Waals surface area contributed by atoms with Gasteiger partial charge in [0, 0.05) is 24.5 Å². The van der Waals surface area contributed by atoms with Crippen molar-refractivity contribution in [2.75, 3.05) is 13.2 Å². The first-order chi connectivity index (χ1) is 18.5. The zero-order chi connectivity index (χ0) is 26.9. The molecule has 0 saturated carbocycles. The lowest BCUT2D eigenvalue weighted by Crippen LogP contribution is -2.29. The largest absolute Gasteiger partial charge is 0.507 e. The average molecular weight is 515 g/mol. The monoisotopic (exact) mass is 514 g/mol. The summed E-state index contributed by atoms with van der Waals surface area (Å²) >= 11 is 0.